The van der Waals surface area contributed by atoms with Crippen LogP contribution in [0.1, 0.15) is 19.4 Å². The molecule has 0 aliphatic rings. The van der Waals surface area contributed by atoms with Gasteiger partial charge in [0.1, 0.15) is 5.60 Å². The van der Waals surface area contributed by atoms with E-state index in [9.17, 15) is 0 Å². The van der Waals surface area contributed by atoms with Gasteiger partial charge < -0.3 is 0 Å². The molecule has 1 aromatic carbocycles. The summed E-state index contributed by atoms with van der Waals surface area (Å²) in [6, 6.07) is 10.0. The van der Waals surface area contributed by atoms with Crippen molar-refractivity contribution in [3.63, 3.8) is 0 Å². The standard InChI is InChI=1S/C13H20O2Si/c1-6-16(4,5)15-14-13(2,3)12-10-8-7-9-11-12/h6-11H,1H2,2-5H3. The lowest BCUT2D eigenvalue weighted by molar-refractivity contribution is -0.295. The van der Waals surface area contributed by atoms with E-state index >= 15 is 0 Å². The van der Waals surface area contributed by atoms with Crippen LogP contribution in [0.4, 0.5) is 0 Å². The Kier molecular flexibility index (Phi) is 4.07. The topological polar surface area (TPSA) is 18.5 Å². The first-order chi connectivity index (χ1) is 7.37. The second kappa shape index (κ2) is 4.95. The highest BCUT2D eigenvalue weighted by Gasteiger charge is 2.27. The van der Waals surface area contributed by atoms with Crippen molar-refractivity contribution in [1.82, 2.24) is 0 Å². The van der Waals surface area contributed by atoms with Crippen LogP contribution in [0.2, 0.25) is 13.1 Å². The summed E-state index contributed by atoms with van der Waals surface area (Å²) in [5.74, 6) is 0. The molecule has 2 nitrogen and oxygen atoms in total. The molecule has 0 amide bonds. The molecule has 1 aromatic rings. The summed E-state index contributed by atoms with van der Waals surface area (Å²) in [5.41, 5.74) is 2.52. The molecule has 0 aliphatic heterocycles. The highest BCUT2D eigenvalue weighted by Crippen LogP contribution is 2.26. The third kappa shape index (κ3) is 3.59. The van der Waals surface area contributed by atoms with Crippen LogP contribution < -0.4 is 0 Å². The summed E-state index contributed by atoms with van der Waals surface area (Å²) in [4.78, 5) is 5.56. The molecule has 0 bridgehead atoms. The molecule has 0 radical (unpaired) electrons. The molecular weight excluding hydrogens is 216 g/mol. The average molecular weight is 236 g/mol. The molecule has 0 heterocycles. The van der Waals surface area contributed by atoms with E-state index in [2.05, 4.69) is 6.58 Å². The van der Waals surface area contributed by atoms with Gasteiger partial charge in [0.25, 0.3) is 8.32 Å². The summed E-state index contributed by atoms with van der Waals surface area (Å²) in [6.45, 7) is 11.8. The number of hydrogen-bond donors (Lipinski definition) is 0. The van der Waals surface area contributed by atoms with E-state index in [0.29, 0.717) is 0 Å². The van der Waals surface area contributed by atoms with Gasteiger partial charge in [-0.05, 0) is 32.5 Å². The highest BCUT2D eigenvalue weighted by molar-refractivity contribution is 6.75. The molecule has 0 unspecified atom stereocenters. The fraction of sp³-hybridized carbons (Fsp3) is 0.385. The third-order valence-corrected chi connectivity index (χ3v) is 3.92. The van der Waals surface area contributed by atoms with E-state index in [1.165, 1.54) is 0 Å². The summed E-state index contributed by atoms with van der Waals surface area (Å²) in [6.07, 6.45) is 0. The van der Waals surface area contributed by atoms with Crippen molar-refractivity contribution < 1.29 is 9.46 Å². The quantitative estimate of drug-likeness (QED) is 0.440. The Hall–Kier alpha value is -0.903. The predicted octanol–water partition coefficient (Wildman–Crippen LogP) is 3.80. The molecule has 0 saturated carbocycles. The maximum atomic E-state index is 5.56. The minimum atomic E-state index is -1.88. The molecule has 0 fully saturated rings. The van der Waals surface area contributed by atoms with Gasteiger partial charge in [0.15, 0.2) is 0 Å². The molecule has 0 N–H and O–H groups in total. The summed E-state index contributed by atoms with van der Waals surface area (Å²) < 4.78 is 5.52. The van der Waals surface area contributed by atoms with E-state index in [1.807, 2.05) is 63.0 Å². The van der Waals surface area contributed by atoms with Crippen molar-refractivity contribution in [3.8, 4) is 0 Å². The monoisotopic (exact) mass is 236 g/mol. The van der Waals surface area contributed by atoms with Crippen molar-refractivity contribution in [1.29, 1.82) is 0 Å². The third-order valence-electron chi connectivity index (χ3n) is 2.43. The smallest absolute Gasteiger partial charge is 0.256 e. The van der Waals surface area contributed by atoms with Crippen LogP contribution >= 0.6 is 0 Å². The largest absolute Gasteiger partial charge is 0.281 e. The highest BCUT2D eigenvalue weighted by atomic mass is 28.4. The minimum Gasteiger partial charge on any atom is -0.281 e. The van der Waals surface area contributed by atoms with Gasteiger partial charge in [-0.2, -0.15) is 0 Å². The van der Waals surface area contributed by atoms with Gasteiger partial charge in [-0.3, -0.25) is 4.58 Å². The van der Waals surface area contributed by atoms with E-state index in [-0.39, 0.29) is 0 Å². The molecule has 0 atom stereocenters. The normalized spacial score (nSPS) is 12.5. The van der Waals surface area contributed by atoms with Crippen LogP contribution in [0.25, 0.3) is 0 Å². The Morgan fingerprint density at radius 1 is 1.19 bits per heavy atom. The Labute approximate surface area is 99.0 Å². The summed E-state index contributed by atoms with van der Waals surface area (Å²) >= 11 is 0. The SMILES string of the molecule is C=C[Si](C)(C)OOC(C)(C)c1ccccc1. The molecule has 88 valence electrons. The maximum absolute atomic E-state index is 5.56. The van der Waals surface area contributed by atoms with Gasteiger partial charge in [0.2, 0.25) is 0 Å². The minimum absolute atomic E-state index is 0.436. The molecule has 0 saturated heterocycles. The van der Waals surface area contributed by atoms with E-state index in [0.717, 1.165) is 5.56 Å². The van der Waals surface area contributed by atoms with Crippen LogP contribution in [-0.4, -0.2) is 8.32 Å². The second-order valence-corrected chi connectivity index (χ2v) is 8.63. The predicted molar refractivity (Wildman–Crippen MR) is 69.3 cm³/mol. The van der Waals surface area contributed by atoms with Gasteiger partial charge in [-0.25, -0.2) is 4.89 Å². The molecule has 1 rings (SSSR count). The van der Waals surface area contributed by atoms with Gasteiger partial charge in [-0.15, -0.1) is 6.58 Å². The Balaban J connectivity index is 2.70. The van der Waals surface area contributed by atoms with Crippen LogP contribution in [-0.2, 0) is 15.1 Å². The Morgan fingerprint density at radius 2 is 1.75 bits per heavy atom. The van der Waals surface area contributed by atoms with Gasteiger partial charge in [0, 0.05) is 0 Å². The molecule has 16 heavy (non-hydrogen) atoms. The zero-order chi connectivity index (χ0) is 12.2. The fourth-order valence-electron chi connectivity index (χ4n) is 1.13. The lowest BCUT2D eigenvalue weighted by atomic mass is 9.99. The average Bonchev–Trinajstić information content (AvgIpc) is 2.28. The first kappa shape index (κ1) is 13.2. The van der Waals surface area contributed by atoms with Crippen LogP contribution in [0, 0.1) is 0 Å². The van der Waals surface area contributed by atoms with Crippen LogP contribution in [0.5, 0.6) is 0 Å². The first-order valence-corrected chi connectivity index (χ1v) is 8.42. The summed E-state index contributed by atoms with van der Waals surface area (Å²) in [7, 11) is -1.88. The van der Waals surface area contributed by atoms with E-state index in [1.54, 1.807) is 0 Å². The first-order valence-electron chi connectivity index (χ1n) is 5.43. The molecule has 0 aliphatic carbocycles. The number of hydrogen-bond acceptors (Lipinski definition) is 2. The zero-order valence-electron chi connectivity index (χ0n) is 10.5. The Morgan fingerprint density at radius 3 is 2.25 bits per heavy atom. The van der Waals surface area contributed by atoms with Crippen molar-refractivity contribution in [2.45, 2.75) is 32.5 Å². The molecule has 0 spiro atoms. The van der Waals surface area contributed by atoms with Crippen molar-refractivity contribution >= 4 is 8.32 Å². The number of rotatable bonds is 5. The fourth-order valence-corrected chi connectivity index (χ4v) is 1.62. The van der Waals surface area contributed by atoms with Crippen molar-refractivity contribution in [2.24, 2.45) is 0 Å². The molecule has 0 aromatic heterocycles. The molecule has 3 heteroatoms. The van der Waals surface area contributed by atoms with Gasteiger partial charge >= 0.3 is 0 Å². The van der Waals surface area contributed by atoms with Gasteiger partial charge in [0.05, 0.1) is 0 Å². The zero-order valence-corrected chi connectivity index (χ0v) is 11.5. The lowest BCUT2D eigenvalue weighted by Crippen LogP contribution is -2.33. The van der Waals surface area contributed by atoms with Crippen LogP contribution in [0.3, 0.4) is 0 Å². The van der Waals surface area contributed by atoms with Crippen molar-refractivity contribution in [3.05, 3.63) is 48.2 Å². The van der Waals surface area contributed by atoms with E-state index < -0.39 is 13.9 Å². The van der Waals surface area contributed by atoms with Gasteiger partial charge in [-0.1, -0.05) is 36.0 Å². The summed E-state index contributed by atoms with van der Waals surface area (Å²) in [5, 5.41) is 0. The molecular formula is C13H20O2Si. The second-order valence-electron chi connectivity index (χ2n) is 4.85. The maximum Gasteiger partial charge on any atom is 0.256 e. The number of benzene rings is 1. The Bertz CT molecular complexity index is 344. The van der Waals surface area contributed by atoms with Crippen molar-refractivity contribution in [2.75, 3.05) is 0 Å². The van der Waals surface area contributed by atoms with Crippen LogP contribution in [0.15, 0.2) is 42.6 Å². The lowest BCUT2D eigenvalue weighted by Gasteiger charge is -2.28. The van der Waals surface area contributed by atoms with E-state index in [4.69, 9.17) is 9.46 Å².